The summed E-state index contributed by atoms with van der Waals surface area (Å²) in [6.07, 6.45) is 4.39. The summed E-state index contributed by atoms with van der Waals surface area (Å²) in [5.41, 5.74) is 0.342. The molecule has 1 aromatic rings. The van der Waals surface area contributed by atoms with E-state index in [2.05, 4.69) is 4.72 Å². The average Bonchev–Trinajstić information content (AvgIpc) is 3.18. The fraction of sp³-hybridized carbons (Fsp3) is 0.538. The molecule has 1 aliphatic carbocycles. The van der Waals surface area contributed by atoms with Crippen LogP contribution >= 0.6 is 23.2 Å². The van der Waals surface area contributed by atoms with Gasteiger partial charge in [0.2, 0.25) is 10.0 Å². The van der Waals surface area contributed by atoms with Crippen LogP contribution in [0.15, 0.2) is 17.0 Å². The van der Waals surface area contributed by atoms with Crippen molar-refractivity contribution in [3.05, 3.63) is 27.7 Å². The summed E-state index contributed by atoms with van der Waals surface area (Å²) in [7, 11) is -3.67. The van der Waals surface area contributed by atoms with Gasteiger partial charge in [-0.2, -0.15) is 0 Å². The van der Waals surface area contributed by atoms with Crippen LogP contribution in [0.3, 0.4) is 0 Å². The normalized spacial score (nSPS) is 15.6. The second kappa shape index (κ2) is 6.62. The molecule has 112 valence electrons. The maximum Gasteiger partial charge on any atom is 0.242 e. The summed E-state index contributed by atoms with van der Waals surface area (Å²) in [6.45, 7) is 0.0620. The van der Waals surface area contributed by atoms with Crippen LogP contribution in [0.5, 0.6) is 0 Å². The van der Waals surface area contributed by atoms with Crippen molar-refractivity contribution in [2.75, 3.05) is 6.54 Å². The zero-order valence-electron chi connectivity index (χ0n) is 10.9. The quantitative estimate of drug-likeness (QED) is 0.751. The number of halogens is 2. The Bertz CT molecular complexity index is 586. The molecular formula is C13H17Cl2NO3S. The van der Waals surface area contributed by atoms with Crippen LogP contribution in [0.25, 0.3) is 0 Å². The Morgan fingerprint density at radius 3 is 2.55 bits per heavy atom. The number of rotatable bonds is 7. The van der Waals surface area contributed by atoms with Crippen molar-refractivity contribution in [3.8, 4) is 0 Å². The van der Waals surface area contributed by atoms with E-state index in [4.69, 9.17) is 28.3 Å². The summed E-state index contributed by atoms with van der Waals surface area (Å²) in [4.78, 5) is -0.0426. The molecule has 0 bridgehead atoms. The topological polar surface area (TPSA) is 66.4 Å². The van der Waals surface area contributed by atoms with E-state index in [0.29, 0.717) is 12.1 Å². The molecule has 2 rings (SSSR count). The van der Waals surface area contributed by atoms with Crippen LogP contribution in [0.4, 0.5) is 0 Å². The first-order valence-electron chi connectivity index (χ1n) is 6.52. The maximum atomic E-state index is 12.2. The van der Waals surface area contributed by atoms with E-state index in [1.807, 2.05) is 0 Å². The summed E-state index contributed by atoms with van der Waals surface area (Å²) in [6, 6.07) is 2.65. The highest BCUT2D eigenvalue weighted by Crippen LogP contribution is 2.33. The van der Waals surface area contributed by atoms with Crippen molar-refractivity contribution in [1.82, 2.24) is 4.72 Å². The Morgan fingerprint density at radius 1 is 1.25 bits per heavy atom. The van der Waals surface area contributed by atoms with Gasteiger partial charge in [-0.3, -0.25) is 0 Å². The smallest absolute Gasteiger partial charge is 0.242 e. The van der Waals surface area contributed by atoms with Gasteiger partial charge >= 0.3 is 0 Å². The van der Waals surface area contributed by atoms with Gasteiger partial charge in [-0.05, 0) is 36.5 Å². The molecule has 0 amide bonds. The molecule has 0 aromatic heterocycles. The van der Waals surface area contributed by atoms with Crippen LogP contribution in [-0.4, -0.2) is 20.1 Å². The Morgan fingerprint density at radius 2 is 1.95 bits per heavy atom. The minimum atomic E-state index is -3.67. The molecule has 7 heteroatoms. The van der Waals surface area contributed by atoms with Crippen molar-refractivity contribution >= 4 is 33.2 Å². The van der Waals surface area contributed by atoms with Crippen LogP contribution in [0, 0.1) is 5.92 Å². The van der Waals surface area contributed by atoms with Crippen LogP contribution in [-0.2, 0) is 16.6 Å². The van der Waals surface area contributed by atoms with Gasteiger partial charge in [0.1, 0.15) is 4.90 Å². The SMILES string of the molecule is O=S(=O)(NCCCC1CC1)c1cc(CO)c(Cl)cc1Cl. The standard InChI is InChI=1S/C13H17Cl2NO3S/c14-11-7-12(15)13(6-10(11)8-17)20(18,19)16-5-1-2-9-3-4-9/h6-7,9,16-17H,1-5,8H2. The van der Waals surface area contributed by atoms with Crippen LogP contribution in [0.2, 0.25) is 10.0 Å². The molecule has 0 spiro atoms. The van der Waals surface area contributed by atoms with Gasteiger partial charge in [-0.15, -0.1) is 0 Å². The van der Waals surface area contributed by atoms with E-state index in [-0.39, 0.29) is 21.5 Å². The monoisotopic (exact) mass is 337 g/mol. The molecule has 1 fully saturated rings. The summed E-state index contributed by atoms with van der Waals surface area (Å²) in [5.74, 6) is 0.777. The van der Waals surface area contributed by atoms with E-state index < -0.39 is 10.0 Å². The van der Waals surface area contributed by atoms with Gasteiger partial charge in [-0.1, -0.05) is 36.0 Å². The largest absolute Gasteiger partial charge is 0.392 e. The van der Waals surface area contributed by atoms with E-state index in [1.54, 1.807) is 0 Å². The molecule has 0 heterocycles. The fourth-order valence-electron chi connectivity index (χ4n) is 1.98. The lowest BCUT2D eigenvalue weighted by atomic mass is 10.2. The third kappa shape index (κ3) is 4.09. The zero-order valence-corrected chi connectivity index (χ0v) is 13.2. The van der Waals surface area contributed by atoms with E-state index >= 15 is 0 Å². The molecule has 0 radical (unpaired) electrons. The van der Waals surface area contributed by atoms with Crippen molar-refractivity contribution in [2.24, 2.45) is 5.92 Å². The van der Waals surface area contributed by atoms with Gasteiger partial charge < -0.3 is 5.11 Å². The number of sulfonamides is 1. The van der Waals surface area contributed by atoms with E-state index in [0.717, 1.165) is 18.8 Å². The van der Waals surface area contributed by atoms with Crippen molar-refractivity contribution in [3.63, 3.8) is 0 Å². The highest BCUT2D eigenvalue weighted by Gasteiger charge is 2.22. The van der Waals surface area contributed by atoms with E-state index in [9.17, 15) is 8.42 Å². The lowest BCUT2D eigenvalue weighted by Crippen LogP contribution is -2.25. The Balaban J connectivity index is 2.07. The van der Waals surface area contributed by atoms with Crippen LogP contribution < -0.4 is 4.72 Å². The Kier molecular flexibility index (Phi) is 5.31. The van der Waals surface area contributed by atoms with Gasteiger partial charge in [0.25, 0.3) is 0 Å². The molecule has 0 aliphatic heterocycles. The number of nitrogens with one attached hydrogen (secondary N) is 1. The molecule has 1 aromatic carbocycles. The third-order valence-corrected chi connectivity index (χ3v) is 5.62. The highest BCUT2D eigenvalue weighted by molar-refractivity contribution is 7.89. The third-order valence-electron chi connectivity index (χ3n) is 3.34. The summed E-state index contributed by atoms with van der Waals surface area (Å²) >= 11 is 11.8. The second-order valence-corrected chi connectivity index (χ2v) is 7.57. The minimum absolute atomic E-state index is 0.0426. The fourth-order valence-corrected chi connectivity index (χ4v) is 3.91. The molecular weight excluding hydrogens is 321 g/mol. The molecule has 0 saturated heterocycles. The lowest BCUT2D eigenvalue weighted by molar-refractivity contribution is 0.281. The zero-order chi connectivity index (χ0) is 14.8. The molecule has 2 N–H and O–H groups in total. The molecule has 0 atom stereocenters. The van der Waals surface area contributed by atoms with Crippen molar-refractivity contribution in [2.45, 2.75) is 37.2 Å². The first kappa shape index (κ1) is 16.0. The highest BCUT2D eigenvalue weighted by atomic mass is 35.5. The maximum absolute atomic E-state index is 12.2. The number of aliphatic hydroxyl groups excluding tert-OH is 1. The first-order valence-corrected chi connectivity index (χ1v) is 8.76. The van der Waals surface area contributed by atoms with Gasteiger partial charge in [0.05, 0.1) is 11.6 Å². The number of benzene rings is 1. The van der Waals surface area contributed by atoms with Crippen molar-refractivity contribution < 1.29 is 13.5 Å². The second-order valence-electron chi connectivity index (χ2n) is 5.02. The molecule has 0 unspecified atom stereocenters. The molecule has 4 nitrogen and oxygen atoms in total. The predicted octanol–water partition coefficient (Wildman–Crippen LogP) is 2.95. The number of hydrogen-bond acceptors (Lipinski definition) is 3. The summed E-state index contributed by atoms with van der Waals surface area (Å²) in [5, 5.41) is 9.45. The summed E-state index contributed by atoms with van der Waals surface area (Å²) < 4.78 is 26.9. The Hall–Kier alpha value is -0.330. The number of aliphatic hydroxyl groups is 1. The molecule has 1 aliphatic rings. The van der Waals surface area contributed by atoms with Crippen molar-refractivity contribution in [1.29, 1.82) is 0 Å². The van der Waals surface area contributed by atoms with Gasteiger partial charge in [0, 0.05) is 11.6 Å². The van der Waals surface area contributed by atoms with Crippen LogP contribution in [0.1, 0.15) is 31.2 Å². The first-order chi connectivity index (χ1) is 9.44. The Labute approximate surface area is 129 Å². The predicted molar refractivity (Wildman–Crippen MR) is 79.5 cm³/mol. The lowest BCUT2D eigenvalue weighted by Gasteiger charge is -2.10. The average molecular weight is 338 g/mol. The molecule has 20 heavy (non-hydrogen) atoms. The van der Waals surface area contributed by atoms with Gasteiger partial charge in [0.15, 0.2) is 0 Å². The van der Waals surface area contributed by atoms with Gasteiger partial charge in [-0.25, -0.2) is 13.1 Å². The van der Waals surface area contributed by atoms with E-state index in [1.165, 1.54) is 25.0 Å². The number of hydrogen-bond donors (Lipinski definition) is 2. The minimum Gasteiger partial charge on any atom is -0.392 e. The molecule has 1 saturated carbocycles.